The normalized spacial score (nSPS) is 18.5. The van der Waals surface area contributed by atoms with E-state index in [0.29, 0.717) is 28.6 Å². The number of carbonyl (C=O) groups is 1. The van der Waals surface area contributed by atoms with Crippen molar-refractivity contribution in [3.8, 4) is 5.75 Å². The average Bonchev–Trinajstić information content (AvgIpc) is 3.50. The maximum Gasteiger partial charge on any atom is 0.275 e. The molecule has 1 unspecified atom stereocenters. The highest BCUT2D eigenvalue weighted by atomic mass is 16.5. The lowest BCUT2D eigenvalue weighted by atomic mass is 10.1. The number of nitrogen functional groups attached to an aromatic ring is 1. The summed E-state index contributed by atoms with van der Waals surface area (Å²) < 4.78 is 5.34. The number of hydrogen-bond acceptors (Lipinski definition) is 8. The maximum atomic E-state index is 12.7. The number of nitrogens with zero attached hydrogens (tertiary/aromatic N) is 4. The SMILES string of the molecule is CN=Cc1cc(NC(=O)c2cnc(N3CCC(CNC4CC4)C3)cn2)c(OC)cc1N. The minimum Gasteiger partial charge on any atom is -0.494 e. The Kier molecular flexibility index (Phi) is 6.31. The van der Waals surface area contributed by atoms with Crippen molar-refractivity contribution < 1.29 is 9.53 Å². The van der Waals surface area contributed by atoms with Gasteiger partial charge in [0, 0.05) is 49.7 Å². The molecular weight excluding hydrogens is 394 g/mol. The van der Waals surface area contributed by atoms with Gasteiger partial charge in [0.2, 0.25) is 0 Å². The summed E-state index contributed by atoms with van der Waals surface area (Å²) in [7, 11) is 3.18. The third-order valence-electron chi connectivity index (χ3n) is 5.67. The number of benzene rings is 1. The second kappa shape index (κ2) is 9.30. The van der Waals surface area contributed by atoms with Gasteiger partial charge in [-0.05, 0) is 37.8 Å². The number of hydrogen-bond donors (Lipinski definition) is 3. The van der Waals surface area contributed by atoms with Crippen LogP contribution in [0.15, 0.2) is 29.5 Å². The van der Waals surface area contributed by atoms with Crippen LogP contribution in [0.1, 0.15) is 35.3 Å². The average molecular weight is 424 g/mol. The first-order chi connectivity index (χ1) is 15.1. The van der Waals surface area contributed by atoms with E-state index in [1.165, 1.54) is 26.1 Å². The van der Waals surface area contributed by atoms with Crippen LogP contribution >= 0.6 is 0 Å². The molecule has 1 aliphatic carbocycles. The van der Waals surface area contributed by atoms with E-state index < -0.39 is 0 Å². The summed E-state index contributed by atoms with van der Waals surface area (Å²) in [6.07, 6.45) is 8.56. The van der Waals surface area contributed by atoms with Crippen molar-refractivity contribution in [2.24, 2.45) is 10.9 Å². The van der Waals surface area contributed by atoms with E-state index >= 15 is 0 Å². The van der Waals surface area contributed by atoms with E-state index in [1.807, 2.05) is 0 Å². The first kappa shape index (κ1) is 21.0. The second-order valence-corrected chi connectivity index (χ2v) is 8.07. The van der Waals surface area contributed by atoms with Crippen molar-refractivity contribution in [2.45, 2.75) is 25.3 Å². The molecule has 0 bridgehead atoms. The van der Waals surface area contributed by atoms with Crippen LogP contribution in [0, 0.1) is 5.92 Å². The lowest BCUT2D eigenvalue weighted by molar-refractivity contribution is 0.102. The molecule has 4 N–H and O–H groups in total. The van der Waals surface area contributed by atoms with Gasteiger partial charge in [-0.1, -0.05) is 0 Å². The number of rotatable bonds is 8. The number of anilines is 3. The van der Waals surface area contributed by atoms with Crippen molar-refractivity contribution in [1.82, 2.24) is 15.3 Å². The summed E-state index contributed by atoms with van der Waals surface area (Å²) in [5.74, 6) is 1.53. The number of ether oxygens (including phenoxy) is 1. The molecule has 2 aliphatic rings. The molecule has 0 radical (unpaired) electrons. The fourth-order valence-corrected chi connectivity index (χ4v) is 3.75. The highest BCUT2D eigenvalue weighted by Crippen LogP contribution is 2.30. The predicted molar refractivity (Wildman–Crippen MR) is 122 cm³/mol. The van der Waals surface area contributed by atoms with Crippen LogP contribution in [0.3, 0.4) is 0 Å². The van der Waals surface area contributed by atoms with Crippen LogP contribution in [-0.4, -0.2) is 61.9 Å². The molecule has 1 amide bonds. The topological polar surface area (TPSA) is 118 Å². The second-order valence-electron chi connectivity index (χ2n) is 8.07. The van der Waals surface area contributed by atoms with Gasteiger partial charge in [0.1, 0.15) is 17.3 Å². The molecule has 2 fully saturated rings. The minimum atomic E-state index is -0.366. The van der Waals surface area contributed by atoms with E-state index in [0.717, 1.165) is 37.9 Å². The summed E-state index contributed by atoms with van der Waals surface area (Å²) in [4.78, 5) is 27.8. The van der Waals surface area contributed by atoms with Gasteiger partial charge in [-0.15, -0.1) is 0 Å². The molecule has 2 heterocycles. The Morgan fingerprint density at radius 1 is 1.32 bits per heavy atom. The Bertz CT molecular complexity index is 957. The van der Waals surface area contributed by atoms with Crippen LogP contribution in [0.5, 0.6) is 5.75 Å². The summed E-state index contributed by atoms with van der Waals surface area (Å²) in [6.45, 7) is 2.98. The number of aliphatic imine (C=N–C) groups is 1. The largest absolute Gasteiger partial charge is 0.494 e. The first-order valence-corrected chi connectivity index (χ1v) is 10.6. The Hall–Kier alpha value is -3.20. The van der Waals surface area contributed by atoms with E-state index in [9.17, 15) is 4.79 Å². The molecule has 9 heteroatoms. The summed E-state index contributed by atoms with van der Waals surface area (Å²) in [6, 6.07) is 4.11. The van der Waals surface area contributed by atoms with Crippen molar-refractivity contribution >= 4 is 29.3 Å². The fourth-order valence-electron chi connectivity index (χ4n) is 3.75. The molecule has 1 atom stereocenters. The van der Waals surface area contributed by atoms with Crippen molar-refractivity contribution in [2.75, 3.05) is 49.7 Å². The zero-order chi connectivity index (χ0) is 21.8. The molecule has 1 aromatic heterocycles. The molecule has 2 aromatic rings. The number of nitrogens with two attached hydrogens (primary N) is 1. The van der Waals surface area contributed by atoms with Crippen LogP contribution < -0.4 is 26.0 Å². The molecule has 31 heavy (non-hydrogen) atoms. The fraction of sp³-hybridized carbons (Fsp3) is 0.455. The smallest absolute Gasteiger partial charge is 0.275 e. The lowest BCUT2D eigenvalue weighted by Gasteiger charge is -2.17. The van der Waals surface area contributed by atoms with Gasteiger partial charge in [0.15, 0.2) is 0 Å². The molecule has 0 spiro atoms. The van der Waals surface area contributed by atoms with Gasteiger partial charge in [0.05, 0.1) is 25.2 Å². The third-order valence-corrected chi connectivity index (χ3v) is 5.67. The van der Waals surface area contributed by atoms with E-state index in [2.05, 4.69) is 30.5 Å². The zero-order valence-corrected chi connectivity index (χ0v) is 18.0. The molecular formula is C22H29N7O2. The highest BCUT2D eigenvalue weighted by molar-refractivity contribution is 6.04. The van der Waals surface area contributed by atoms with Crippen LogP contribution in [0.4, 0.5) is 17.2 Å². The summed E-state index contributed by atoms with van der Waals surface area (Å²) in [5.41, 5.74) is 7.94. The molecule has 4 rings (SSSR count). The highest BCUT2D eigenvalue weighted by Gasteiger charge is 2.27. The monoisotopic (exact) mass is 423 g/mol. The van der Waals surface area contributed by atoms with Crippen LogP contribution in [0.25, 0.3) is 0 Å². The van der Waals surface area contributed by atoms with Gasteiger partial charge >= 0.3 is 0 Å². The van der Waals surface area contributed by atoms with Crippen LogP contribution in [0.2, 0.25) is 0 Å². The zero-order valence-electron chi connectivity index (χ0n) is 18.0. The standard InChI is InChI=1S/C22H29N7O2/c1-24-10-15-7-18(20(31-2)8-17(15)23)28-22(30)19-11-27-21(12-26-19)29-6-5-14(13-29)9-25-16-3-4-16/h7-8,10-12,14,16,25H,3-6,9,13,23H2,1-2H3,(H,28,30). The quantitative estimate of drug-likeness (QED) is 0.439. The number of amides is 1. The summed E-state index contributed by atoms with van der Waals surface area (Å²) in [5, 5.41) is 6.43. The molecule has 1 saturated carbocycles. The Morgan fingerprint density at radius 3 is 2.84 bits per heavy atom. The van der Waals surface area contributed by atoms with E-state index in [4.69, 9.17) is 10.5 Å². The molecule has 1 aliphatic heterocycles. The van der Waals surface area contributed by atoms with Crippen LogP contribution in [-0.2, 0) is 0 Å². The number of methoxy groups -OCH3 is 1. The molecule has 1 aromatic carbocycles. The van der Waals surface area contributed by atoms with Crippen molar-refractivity contribution in [3.63, 3.8) is 0 Å². The number of aromatic nitrogens is 2. The van der Waals surface area contributed by atoms with Gasteiger partial charge < -0.3 is 26.0 Å². The number of nitrogens with one attached hydrogen (secondary N) is 2. The Morgan fingerprint density at radius 2 is 2.16 bits per heavy atom. The number of carbonyl (C=O) groups excluding carboxylic acids is 1. The predicted octanol–water partition coefficient (Wildman–Crippen LogP) is 1.95. The van der Waals surface area contributed by atoms with Gasteiger partial charge in [0.25, 0.3) is 5.91 Å². The first-order valence-electron chi connectivity index (χ1n) is 10.6. The maximum absolute atomic E-state index is 12.7. The Labute approximate surface area is 182 Å². The summed E-state index contributed by atoms with van der Waals surface area (Å²) >= 11 is 0. The third kappa shape index (κ3) is 5.11. The minimum absolute atomic E-state index is 0.236. The van der Waals surface area contributed by atoms with Gasteiger partial charge in [-0.3, -0.25) is 9.79 Å². The van der Waals surface area contributed by atoms with Crippen molar-refractivity contribution in [3.05, 3.63) is 35.8 Å². The van der Waals surface area contributed by atoms with E-state index in [1.54, 1.807) is 31.6 Å². The van der Waals surface area contributed by atoms with Gasteiger partial charge in [-0.25, -0.2) is 9.97 Å². The molecule has 9 nitrogen and oxygen atoms in total. The van der Waals surface area contributed by atoms with Crippen molar-refractivity contribution in [1.29, 1.82) is 0 Å². The lowest BCUT2D eigenvalue weighted by Crippen LogP contribution is -2.28. The molecule has 1 saturated heterocycles. The van der Waals surface area contributed by atoms with E-state index in [-0.39, 0.29) is 11.6 Å². The Balaban J connectivity index is 1.40. The molecule has 164 valence electrons. The van der Waals surface area contributed by atoms with Gasteiger partial charge in [-0.2, -0.15) is 0 Å².